The molecule has 0 unspecified atom stereocenters. The van der Waals surface area contributed by atoms with Crippen molar-refractivity contribution in [3.63, 3.8) is 0 Å². The number of rotatable bonds is 34. The number of carbonyl (C=O) groups excluding carboxylic acids is 10. The van der Waals surface area contributed by atoms with E-state index in [0.717, 1.165) is 18.7 Å². The average Bonchev–Trinajstić information content (AvgIpc) is 3.81. The summed E-state index contributed by atoms with van der Waals surface area (Å²) < 4.78 is 0. The van der Waals surface area contributed by atoms with Crippen molar-refractivity contribution < 1.29 is 78.0 Å². The van der Waals surface area contributed by atoms with Gasteiger partial charge in [0.2, 0.25) is 59.1 Å². The Bertz CT molecular complexity index is 1940. The lowest BCUT2D eigenvalue weighted by Crippen LogP contribution is -2.62. The van der Waals surface area contributed by atoms with Gasteiger partial charge in [-0.1, -0.05) is 13.8 Å². The van der Waals surface area contributed by atoms with Gasteiger partial charge in [0.05, 0.1) is 25.2 Å². The fraction of sp³-hybridized carbons (Fsp3) is 0.727. The number of likely N-dealkylation sites (tertiary alicyclic amines) is 1. The Morgan fingerprint density at radius 1 is 0.562 bits per heavy atom. The summed E-state index contributed by atoms with van der Waals surface area (Å²) in [6.45, 7) is 6.52. The predicted octanol–water partition coefficient (Wildman–Crippen LogP) is -6.67. The molecule has 0 spiro atoms. The number of aliphatic hydroxyl groups excluding tert-OH is 2. The molecule has 1 rings (SSSR count). The van der Waals surface area contributed by atoms with Crippen LogP contribution in [0, 0.1) is 5.92 Å². The highest BCUT2D eigenvalue weighted by molar-refractivity contribution is 5.99. The predicted molar refractivity (Wildman–Crippen MR) is 257 cm³/mol. The Balaban J connectivity index is 3.30. The van der Waals surface area contributed by atoms with E-state index in [4.69, 9.17) is 22.9 Å². The van der Waals surface area contributed by atoms with Crippen LogP contribution in [0.15, 0.2) is 0 Å². The van der Waals surface area contributed by atoms with Crippen LogP contribution in [0.3, 0.4) is 0 Å². The highest BCUT2D eigenvalue weighted by Gasteiger charge is 2.42. The number of nitrogens with zero attached hydrogens (tertiary/aromatic N) is 1. The molecule has 29 nitrogen and oxygen atoms in total. The summed E-state index contributed by atoms with van der Waals surface area (Å²) in [5.41, 5.74) is 21.6. The Morgan fingerprint density at radius 2 is 1.05 bits per heavy atom. The Morgan fingerprint density at radius 3 is 1.55 bits per heavy atom. The maximum Gasteiger partial charge on any atom is 0.326 e. The van der Waals surface area contributed by atoms with Crippen LogP contribution in [-0.2, 0) is 57.5 Å². The number of unbranched alkanes of at least 4 members (excludes halogenated alkanes) is 2. The van der Waals surface area contributed by atoms with Gasteiger partial charge in [0.25, 0.3) is 0 Å². The van der Waals surface area contributed by atoms with Gasteiger partial charge in [0.1, 0.15) is 54.4 Å². The maximum absolute atomic E-state index is 13.9. The van der Waals surface area contributed by atoms with Crippen LogP contribution in [0.25, 0.3) is 0 Å². The molecule has 0 radical (unpaired) electrons. The summed E-state index contributed by atoms with van der Waals surface area (Å²) in [4.78, 5) is 157. The van der Waals surface area contributed by atoms with Crippen LogP contribution in [0.4, 0.5) is 0 Å². The fourth-order valence-corrected chi connectivity index (χ4v) is 7.48. The number of carboxylic acid groups (broad SMARTS) is 2. The van der Waals surface area contributed by atoms with Crippen molar-refractivity contribution in [1.29, 1.82) is 0 Å². The summed E-state index contributed by atoms with van der Waals surface area (Å²) in [6.07, 6.45) is -3.11. The van der Waals surface area contributed by atoms with Crippen LogP contribution in [0.1, 0.15) is 105 Å². The molecule has 0 aromatic heterocycles. The van der Waals surface area contributed by atoms with Gasteiger partial charge in [0.15, 0.2) is 0 Å². The topological polar surface area (TPSA) is 489 Å². The number of amides is 10. The lowest BCUT2D eigenvalue weighted by molar-refractivity contribution is -0.145. The van der Waals surface area contributed by atoms with E-state index in [0.29, 0.717) is 32.2 Å². The molecule has 1 fully saturated rings. The van der Waals surface area contributed by atoms with Gasteiger partial charge in [-0.3, -0.25) is 52.7 Å². The van der Waals surface area contributed by atoms with Crippen molar-refractivity contribution in [2.75, 3.05) is 26.2 Å². The second-order valence-corrected chi connectivity index (χ2v) is 18.1. The first-order chi connectivity index (χ1) is 34.2. The second-order valence-electron chi connectivity index (χ2n) is 18.1. The SMILES string of the molecule is CC(C)[C@H](NC(=O)[C@H](CCC(=O)O)NC(=O)[C@@H](NC(=O)[C@@H]1CCCN1C(=O)[C@@H](NC(=O)[C@H](C)NC(=O)[C@H](CC(N)=O)NC(=O)CN)[C@@H](C)O)[C@@H](C)O)C(=O)N[C@@H](CCCCN)C(=O)N[C@@H](CCCCN)C(=O)O. The molecular weight excluding hydrogens is 967 g/mol. The molecule has 0 aromatic rings. The fourth-order valence-electron chi connectivity index (χ4n) is 7.48. The smallest absolute Gasteiger partial charge is 0.326 e. The molecule has 29 heteroatoms. The first-order valence-corrected chi connectivity index (χ1v) is 24.1. The maximum atomic E-state index is 13.9. The molecule has 20 N–H and O–H groups in total. The summed E-state index contributed by atoms with van der Waals surface area (Å²) in [7, 11) is 0. The summed E-state index contributed by atoms with van der Waals surface area (Å²) in [5.74, 6) is -13.0. The van der Waals surface area contributed by atoms with Crippen molar-refractivity contribution in [1.82, 2.24) is 47.4 Å². The molecule has 0 aromatic carbocycles. The lowest BCUT2D eigenvalue weighted by atomic mass is 10.00. The van der Waals surface area contributed by atoms with E-state index in [1.807, 2.05) is 0 Å². The van der Waals surface area contributed by atoms with Gasteiger partial charge in [-0.05, 0) is 97.6 Å². The molecule has 0 bridgehead atoms. The number of primary amides is 1. The van der Waals surface area contributed by atoms with Gasteiger partial charge in [0, 0.05) is 13.0 Å². The molecule has 0 saturated carbocycles. The summed E-state index contributed by atoms with van der Waals surface area (Å²) in [5, 5.41) is 59.4. The van der Waals surface area contributed by atoms with Gasteiger partial charge < -0.3 is 90.8 Å². The third-order valence-corrected chi connectivity index (χ3v) is 11.6. The molecule has 10 amide bonds. The van der Waals surface area contributed by atoms with Gasteiger partial charge in [-0.15, -0.1) is 0 Å². The zero-order valence-corrected chi connectivity index (χ0v) is 42.0. The van der Waals surface area contributed by atoms with Gasteiger partial charge >= 0.3 is 11.9 Å². The van der Waals surface area contributed by atoms with Crippen LogP contribution < -0.4 is 65.5 Å². The van der Waals surface area contributed by atoms with Crippen molar-refractivity contribution in [3.05, 3.63) is 0 Å². The van der Waals surface area contributed by atoms with E-state index in [9.17, 15) is 78.0 Å². The van der Waals surface area contributed by atoms with E-state index < -0.39 is 169 Å². The number of hydrogen-bond donors (Lipinski definition) is 16. The first-order valence-electron chi connectivity index (χ1n) is 24.1. The number of nitrogens with one attached hydrogen (secondary N) is 8. The van der Waals surface area contributed by atoms with Crippen LogP contribution in [0.5, 0.6) is 0 Å². The third kappa shape index (κ3) is 22.4. The number of aliphatic carboxylic acids is 2. The molecule has 0 aliphatic carbocycles. The van der Waals surface area contributed by atoms with E-state index in [2.05, 4.69) is 42.5 Å². The lowest BCUT2D eigenvalue weighted by Gasteiger charge is -2.32. The van der Waals surface area contributed by atoms with Crippen LogP contribution in [0.2, 0.25) is 0 Å². The number of carbonyl (C=O) groups is 12. The quantitative estimate of drug-likeness (QED) is 0.0266. The zero-order chi connectivity index (χ0) is 55.7. The van der Waals surface area contributed by atoms with E-state index in [-0.39, 0.29) is 38.8 Å². The molecule has 11 atom stereocenters. The first kappa shape index (κ1) is 64.5. The number of nitrogens with two attached hydrogens (primary N) is 4. The standard InChI is InChI=1S/C44H77N13O16/c1-21(2)33(41(69)51-25(11-6-8-16-45)37(65)53-27(44(72)73)12-7-9-17-46)54-38(66)26(14-15-32(62)63)52-42(70)34(23(4)58)55-40(68)29-13-10-18-57(29)43(71)35(24(5)59)56-36(64)22(3)49-39(67)28(19-30(48)60)50-31(61)20-47/h21-29,33-35,58-59H,6-20,45-47H2,1-5H3,(H2,48,60)(H,49,67)(H,50,61)(H,51,69)(H,52,70)(H,53,65)(H,54,66)(H,55,68)(H,56,64)(H,62,63)(H,72,73)/t22-,23+,24+,25-,26-,27-,28-,29-,33-,34-,35-/m0/s1. The molecular formula is C44H77N13O16. The largest absolute Gasteiger partial charge is 0.481 e. The van der Waals surface area contributed by atoms with Crippen molar-refractivity contribution in [2.45, 2.75) is 172 Å². The normalized spacial score (nSPS) is 17.4. The van der Waals surface area contributed by atoms with E-state index in [1.165, 1.54) is 6.92 Å². The molecule has 1 saturated heterocycles. The van der Waals surface area contributed by atoms with Crippen LogP contribution >= 0.6 is 0 Å². The summed E-state index contributed by atoms with van der Waals surface area (Å²) in [6, 6.07) is -13.5. The van der Waals surface area contributed by atoms with Crippen molar-refractivity contribution in [2.24, 2.45) is 28.9 Å². The second kappa shape index (κ2) is 32.5. The Kier molecular flexibility index (Phi) is 28.7. The van der Waals surface area contributed by atoms with Crippen LogP contribution in [-0.4, -0.2) is 189 Å². The van der Waals surface area contributed by atoms with Gasteiger partial charge in [-0.2, -0.15) is 0 Å². The minimum Gasteiger partial charge on any atom is -0.481 e. The molecule has 1 heterocycles. The van der Waals surface area contributed by atoms with Gasteiger partial charge in [-0.25, -0.2) is 4.79 Å². The zero-order valence-electron chi connectivity index (χ0n) is 42.0. The molecule has 1 aliphatic rings. The molecule has 73 heavy (non-hydrogen) atoms. The number of hydrogen-bond acceptors (Lipinski definition) is 17. The highest BCUT2D eigenvalue weighted by atomic mass is 16.4. The minimum atomic E-state index is -1.84. The number of aliphatic hydroxyl groups is 2. The third-order valence-electron chi connectivity index (χ3n) is 11.6. The average molecular weight is 1040 g/mol. The Labute approximate surface area is 422 Å². The number of carboxylic acids is 2. The van der Waals surface area contributed by atoms with E-state index >= 15 is 0 Å². The van der Waals surface area contributed by atoms with Crippen molar-refractivity contribution >= 4 is 71.0 Å². The minimum absolute atomic E-state index is 0.00119. The highest BCUT2D eigenvalue weighted by Crippen LogP contribution is 2.20. The van der Waals surface area contributed by atoms with Crippen molar-refractivity contribution in [3.8, 4) is 0 Å². The summed E-state index contributed by atoms with van der Waals surface area (Å²) >= 11 is 0. The monoisotopic (exact) mass is 1040 g/mol. The molecule has 414 valence electrons. The molecule has 1 aliphatic heterocycles. The van der Waals surface area contributed by atoms with E-state index in [1.54, 1.807) is 13.8 Å². The Hall–Kier alpha value is -6.56.